The summed E-state index contributed by atoms with van der Waals surface area (Å²) in [6, 6.07) is 5.53. The Labute approximate surface area is 130 Å². The topological polar surface area (TPSA) is 55.1 Å². The van der Waals surface area contributed by atoms with Crippen molar-refractivity contribution in [2.75, 3.05) is 5.73 Å². The number of nitrogen functional groups attached to an aromatic ring is 1. The van der Waals surface area contributed by atoms with E-state index in [2.05, 4.69) is 27.2 Å². The molecule has 1 aromatic carbocycles. The third-order valence-corrected chi connectivity index (χ3v) is 4.82. The lowest BCUT2D eigenvalue weighted by atomic mass is 10.1. The van der Waals surface area contributed by atoms with Gasteiger partial charge in [-0.25, -0.2) is 0 Å². The SMILES string of the molecule is C#CC(CCC)NC(=O)c1sc2cccc(Br)c2c1N. The minimum atomic E-state index is -0.249. The normalized spacial score (nSPS) is 12.1. The fourth-order valence-electron chi connectivity index (χ4n) is 2.01. The van der Waals surface area contributed by atoms with Crippen LogP contribution in [0.4, 0.5) is 5.69 Å². The number of carbonyl (C=O) groups is 1. The van der Waals surface area contributed by atoms with Crippen molar-refractivity contribution in [2.24, 2.45) is 0 Å². The lowest BCUT2D eigenvalue weighted by Gasteiger charge is -2.11. The van der Waals surface area contributed by atoms with Gasteiger partial charge in [0.05, 0.1) is 11.7 Å². The number of fused-ring (bicyclic) bond motifs is 1. The molecular formula is C15H15BrN2OS. The number of rotatable bonds is 4. The molecule has 0 bridgehead atoms. The summed E-state index contributed by atoms with van der Waals surface area (Å²) < 4.78 is 1.87. The van der Waals surface area contributed by atoms with Gasteiger partial charge in [-0.3, -0.25) is 4.79 Å². The van der Waals surface area contributed by atoms with Crippen LogP contribution >= 0.6 is 27.3 Å². The van der Waals surface area contributed by atoms with Crippen LogP contribution < -0.4 is 11.1 Å². The largest absolute Gasteiger partial charge is 0.397 e. The zero-order valence-electron chi connectivity index (χ0n) is 11.1. The fraction of sp³-hybridized carbons (Fsp3) is 0.267. The molecule has 1 amide bonds. The lowest BCUT2D eigenvalue weighted by Crippen LogP contribution is -2.33. The predicted molar refractivity (Wildman–Crippen MR) is 88.9 cm³/mol. The second-order valence-electron chi connectivity index (χ2n) is 4.44. The molecule has 0 saturated heterocycles. The summed E-state index contributed by atoms with van der Waals surface area (Å²) in [7, 11) is 0. The Hall–Kier alpha value is -1.51. The molecule has 0 spiro atoms. The van der Waals surface area contributed by atoms with Crippen LogP contribution in [-0.4, -0.2) is 11.9 Å². The second kappa shape index (κ2) is 6.29. The van der Waals surface area contributed by atoms with Crippen LogP contribution in [0, 0.1) is 12.3 Å². The van der Waals surface area contributed by atoms with Crippen LogP contribution in [0.25, 0.3) is 10.1 Å². The molecule has 0 fully saturated rings. The van der Waals surface area contributed by atoms with Gasteiger partial charge < -0.3 is 11.1 Å². The zero-order chi connectivity index (χ0) is 14.7. The number of terminal acetylenes is 1. The zero-order valence-corrected chi connectivity index (χ0v) is 13.5. The molecule has 0 radical (unpaired) electrons. The molecule has 1 aromatic heterocycles. The van der Waals surface area contributed by atoms with E-state index in [-0.39, 0.29) is 11.9 Å². The Morgan fingerprint density at radius 2 is 2.35 bits per heavy atom. The van der Waals surface area contributed by atoms with Gasteiger partial charge >= 0.3 is 0 Å². The summed E-state index contributed by atoms with van der Waals surface area (Å²) in [5, 5.41) is 3.73. The van der Waals surface area contributed by atoms with Gasteiger partial charge in [-0.1, -0.05) is 41.3 Å². The molecule has 3 N–H and O–H groups in total. The van der Waals surface area contributed by atoms with Crippen molar-refractivity contribution in [3.63, 3.8) is 0 Å². The average Bonchev–Trinajstić information content (AvgIpc) is 2.77. The van der Waals surface area contributed by atoms with Gasteiger partial charge in [0.1, 0.15) is 4.88 Å². The van der Waals surface area contributed by atoms with E-state index in [4.69, 9.17) is 12.2 Å². The summed E-state index contributed by atoms with van der Waals surface area (Å²) >= 11 is 4.84. The highest BCUT2D eigenvalue weighted by Gasteiger charge is 2.19. The summed E-state index contributed by atoms with van der Waals surface area (Å²) in [6.07, 6.45) is 7.10. The Bertz CT molecular complexity index is 687. The highest BCUT2D eigenvalue weighted by Crippen LogP contribution is 2.38. The monoisotopic (exact) mass is 350 g/mol. The van der Waals surface area contributed by atoms with E-state index in [1.54, 1.807) is 0 Å². The van der Waals surface area contributed by atoms with E-state index in [9.17, 15) is 4.79 Å². The number of thiophene rings is 1. The van der Waals surface area contributed by atoms with E-state index in [0.29, 0.717) is 10.6 Å². The van der Waals surface area contributed by atoms with E-state index in [1.165, 1.54) is 11.3 Å². The molecule has 1 atom stereocenters. The number of carbonyl (C=O) groups excluding carboxylic acids is 1. The Morgan fingerprint density at radius 3 is 2.95 bits per heavy atom. The first-order valence-corrected chi connectivity index (χ1v) is 7.92. The minimum Gasteiger partial charge on any atom is -0.397 e. The smallest absolute Gasteiger partial charge is 0.264 e. The van der Waals surface area contributed by atoms with Crippen molar-refractivity contribution in [3.05, 3.63) is 27.5 Å². The molecule has 2 rings (SSSR count). The quantitative estimate of drug-likeness (QED) is 0.824. The van der Waals surface area contributed by atoms with Crippen molar-refractivity contribution in [1.82, 2.24) is 5.32 Å². The number of hydrogen-bond acceptors (Lipinski definition) is 3. The Morgan fingerprint density at radius 1 is 1.60 bits per heavy atom. The Balaban J connectivity index is 2.34. The van der Waals surface area contributed by atoms with Gasteiger partial charge in [-0.15, -0.1) is 17.8 Å². The van der Waals surface area contributed by atoms with Crippen LogP contribution in [-0.2, 0) is 0 Å². The third kappa shape index (κ3) is 2.82. The van der Waals surface area contributed by atoms with E-state index in [0.717, 1.165) is 27.4 Å². The molecule has 2 aromatic rings. The van der Waals surface area contributed by atoms with Crippen LogP contribution in [0.3, 0.4) is 0 Å². The molecule has 104 valence electrons. The number of halogens is 1. The number of hydrogen-bond donors (Lipinski definition) is 2. The molecular weight excluding hydrogens is 336 g/mol. The summed E-state index contributed by atoms with van der Waals surface area (Å²) in [5.41, 5.74) is 6.60. The number of benzene rings is 1. The maximum atomic E-state index is 12.3. The highest BCUT2D eigenvalue weighted by atomic mass is 79.9. The first-order valence-electron chi connectivity index (χ1n) is 6.32. The van der Waals surface area contributed by atoms with Crippen molar-refractivity contribution < 1.29 is 4.79 Å². The minimum absolute atomic E-state index is 0.202. The third-order valence-electron chi connectivity index (χ3n) is 2.99. The van der Waals surface area contributed by atoms with Gasteiger partial charge in [0, 0.05) is 14.6 Å². The molecule has 0 aliphatic rings. The average molecular weight is 351 g/mol. The van der Waals surface area contributed by atoms with E-state index >= 15 is 0 Å². The van der Waals surface area contributed by atoms with Gasteiger partial charge in [0.25, 0.3) is 5.91 Å². The Kier molecular flexibility index (Phi) is 4.69. The number of nitrogens with two attached hydrogens (primary N) is 1. The number of anilines is 1. The van der Waals surface area contributed by atoms with Crippen molar-refractivity contribution >= 4 is 48.9 Å². The fourth-order valence-corrected chi connectivity index (χ4v) is 3.77. The summed E-state index contributed by atoms with van der Waals surface area (Å²) in [5.74, 6) is 2.39. The molecule has 1 unspecified atom stereocenters. The molecule has 0 aliphatic carbocycles. The van der Waals surface area contributed by atoms with Crippen molar-refractivity contribution in [3.8, 4) is 12.3 Å². The maximum Gasteiger partial charge on any atom is 0.264 e. The molecule has 0 saturated carbocycles. The van der Waals surface area contributed by atoms with Crippen molar-refractivity contribution in [2.45, 2.75) is 25.8 Å². The van der Waals surface area contributed by atoms with Gasteiger partial charge in [0.2, 0.25) is 0 Å². The number of amides is 1. The van der Waals surface area contributed by atoms with E-state index < -0.39 is 0 Å². The predicted octanol–water partition coefficient (Wildman–Crippen LogP) is 3.78. The van der Waals surface area contributed by atoms with Crippen LogP contribution in [0.15, 0.2) is 22.7 Å². The van der Waals surface area contributed by atoms with Crippen LogP contribution in [0.2, 0.25) is 0 Å². The molecule has 20 heavy (non-hydrogen) atoms. The molecule has 0 aliphatic heterocycles. The number of nitrogens with one attached hydrogen (secondary N) is 1. The highest BCUT2D eigenvalue weighted by molar-refractivity contribution is 9.10. The van der Waals surface area contributed by atoms with Gasteiger partial charge in [-0.2, -0.15) is 0 Å². The lowest BCUT2D eigenvalue weighted by molar-refractivity contribution is 0.0949. The first kappa shape index (κ1) is 14.9. The van der Waals surface area contributed by atoms with E-state index in [1.807, 2.05) is 25.1 Å². The van der Waals surface area contributed by atoms with Crippen LogP contribution in [0.5, 0.6) is 0 Å². The van der Waals surface area contributed by atoms with Gasteiger partial charge in [-0.05, 0) is 18.6 Å². The van der Waals surface area contributed by atoms with Crippen molar-refractivity contribution in [1.29, 1.82) is 0 Å². The standard InChI is InChI=1S/C15H15BrN2OS/c1-3-6-9(4-2)18-15(19)14-13(17)12-10(16)7-5-8-11(12)20-14/h2,5,7-9H,3,6,17H2,1H3,(H,18,19). The molecule has 5 heteroatoms. The maximum absolute atomic E-state index is 12.3. The van der Waals surface area contributed by atoms with Gasteiger partial charge in [0.15, 0.2) is 0 Å². The van der Waals surface area contributed by atoms with Crippen LogP contribution in [0.1, 0.15) is 29.4 Å². The molecule has 1 heterocycles. The summed E-state index contributed by atoms with van der Waals surface area (Å²) in [6.45, 7) is 2.03. The summed E-state index contributed by atoms with van der Waals surface area (Å²) in [4.78, 5) is 12.8. The first-order chi connectivity index (χ1) is 9.58. The molecule has 3 nitrogen and oxygen atoms in total. The second-order valence-corrected chi connectivity index (χ2v) is 6.35.